The number of rotatable bonds is 2. The summed E-state index contributed by atoms with van der Waals surface area (Å²) in [4.78, 5) is 4.40. The van der Waals surface area contributed by atoms with Crippen LogP contribution in [0.1, 0.15) is 44.3 Å². The summed E-state index contributed by atoms with van der Waals surface area (Å²) in [5.74, 6) is 1.70. The van der Waals surface area contributed by atoms with Crippen LogP contribution in [0.25, 0.3) is 0 Å². The Labute approximate surface area is 117 Å². The molecule has 1 aromatic rings. The Balaban J connectivity index is 1.83. The predicted molar refractivity (Wildman–Crippen MR) is 77.8 cm³/mol. The van der Waals surface area contributed by atoms with Crippen LogP contribution in [0.5, 0.6) is 0 Å². The highest BCUT2D eigenvalue weighted by atomic mass is 32.2. The zero-order valence-corrected chi connectivity index (χ0v) is 12.4. The minimum Gasteiger partial charge on any atom is -0.331 e. The first kappa shape index (κ1) is 13.3. The monoisotopic (exact) mass is 281 g/mol. The highest BCUT2D eigenvalue weighted by Gasteiger charge is 2.33. The van der Waals surface area contributed by atoms with Crippen LogP contribution in [0, 0.1) is 0 Å². The van der Waals surface area contributed by atoms with Crippen LogP contribution in [0.15, 0.2) is 12.5 Å². The van der Waals surface area contributed by atoms with Gasteiger partial charge in [0.15, 0.2) is 0 Å². The molecular formula is C14H23N3OS. The van der Waals surface area contributed by atoms with Crippen LogP contribution in [-0.2, 0) is 16.2 Å². The topological polar surface area (TPSA) is 46.9 Å². The molecule has 0 aromatic carbocycles. The molecule has 2 fully saturated rings. The van der Waals surface area contributed by atoms with Crippen LogP contribution in [0.4, 0.5) is 0 Å². The van der Waals surface area contributed by atoms with Crippen molar-refractivity contribution in [3.05, 3.63) is 18.2 Å². The maximum Gasteiger partial charge on any atom is 0.0950 e. The summed E-state index contributed by atoms with van der Waals surface area (Å²) in [6.45, 7) is 4.55. The van der Waals surface area contributed by atoms with E-state index < -0.39 is 10.8 Å². The van der Waals surface area contributed by atoms with E-state index in [-0.39, 0.29) is 5.41 Å². The van der Waals surface area contributed by atoms with Crippen LogP contribution < -0.4 is 5.32 Å². The van der Waals surface area contributed by atoms with Crippen molar-refractivity contribution in [1.29, 1.82) is 0 Å². The second kappa shape index (κ2) is 5.37. The standard InChI is InChI=1S/C14H23N3OS/c1-14(4-6-15-7-5-14)13-10-16-11-17(13)12-2-8-19(18)9-3-12/h10-12,15H,2-9H2,1H3. The normalized spacial score (nSPS) is 31.2. The van der Waals surface area contributed by atoms with E-state index >= 15 is 0 Å². The Hall–Kier alpha value is -0.680. The van der Waals surface area contributed by atoms with E-state index in [1.165, 1.54) is 18.5 Å². The van der Waals surface area contributed by atoms with Gasteiger partial charge in [-0.25, -0.2) is 4.98 Å². The summed E-state index contributed by atoms with van der Waals surface area (Å²) in [6, 6.07) is 0.502. The van der Waals surface area contributed by atoms with Gasteiger partial charge in [-0.15, -0.1) is 0 Å². The minimum atomic E-state index is -0.588. The van der Waals surface area contributed by atoms with E-state index in [1.807, 2.05) is 6.33 Å². The van der Waals surface area contributed by atoms with Gasteiger partial charge in [-0.3, -0.25) is 4.21 Å². The average molecular weight is 281 g/mol. The number of hydrogen-bond donors (Lipinski definition) is 1. The Morgan fingerprint density at radius 1 is 1.37 bits per heavy atom. The molecule has 2 saturated heterocycles. The quantitative estimate of drug-likeness (QED) is 0.896. The van der Waals surface area contributed by atoms with Crippen molar-refractivity contribution in [2.75, 3.05) is 24.6 Å². The number of piperidine rings is 1. The van der Waals surface area contributed by atoms with Crippen LogP contribution in [-0.4, -0.2) is 38.4 Å². The fraction of sp³-hybridized carbons (Fsp3) is 0.786. The molecule has 0 unspecified atom stereocenters. The molecule has 0 spiro atoms. The van der Waals surface area contributed by atoms with Crippen LogP contribution >= 0.6 is 0 Å². The number of aromatic nitrogens is 2. The maximum atomic E-state index is 11.5. The highest BCUT2D eigenvalue weighted by molar-refractivity contribution is 7.85. The molecule has 2 aliphatic rings. The lowest BCUT2D eigenvalue weighted by Crippen LogP contribution is -2.39. The van der Waals surface area contributed by atoms with Crippen molar-refractivity contribution in [3.8, 4) is 0 Å². The third kappa shape index (κ3) is 2.63. The van der Waals surface area contributed by atoms with E-state index in [0.717, 1.165) is 37.4 Å². The molecule has 0 amide bonds. The third-order valence-electron chi connectivity index (χ3n) is 4.74. The number of nitrogens with zero attached hydrogens (tertiary/aromatic N) is 2. The molecule has 19 heavy (non-hydrogen) atoms. The molecule has 2 aliphatic heterocycles. The smallest absolute Gasteiger partial charge is 0.0950 e. The van der Waals surface area contributed by atoms with Gasteiger partial charge in [-0.1, -0.05) is 6.92 Å². The van der Waals surface area contributed by atoms with Gasteiger partial charge in [0.1, 0.15) is 0 Å². The molecule has 0 atom stereocenters. The summed E-state index contributed by atoms with van der Waals surface area (Å²) < 4.78 is 13.9. The minimum absolute atomic E-state index is 0.248. The fourth-order valence-electron chi connectivity index (χ4n) is 3.36. The van der Waals surface area contributed by atoms with Crippen molar-refractivity contribution in [3.63, 3.8) is 0 Å². The predicted octanol–water partition coefficient (Wildman–Crippen LogP) is 1.61. The van der Waals surface area contributed by atoms with Crippen molar-refractivity contribution in [2.45, 2.75) is 44.1 Å². The lowest BCUT2D eigenvalue weighted by Gasteiger charge is -2.36. The van der Waals surface area contributed by atoms with Gasteiger partial charge in [0.25, 0.3) is 0 Å². The fourth-order valence-corrected chi connectivity index (χ4v) is 4.63. The van der Waals surface area contributed by atoms with E-state index in [2.05, 4.69) is 28.0 Å². The lowest BCUT2D eigenvalue weighted by atomic mass is 9.78. The van der Waals surface area contributed by atoms with Crippen molar-refractivity contribution >= 4 is 10.8 Å². The van der Waals surface area contributed by atoms with Gasteiger partial charge in [0.2, 0.25) is 0 Å². The molecule has 106 valence electrons. The zero-order valence-electron chi connectivity index (χ0n) is 11.6. The van der Waals surface area contributed by atoms with E-state index in [1.54, 1.807) is 0 Å². The van der Waals surface area contributed by atoms with Crippen LogP contribution in [0.2, 0.25) is 0 Å². The molecule has 1 N–H and O–H groups in total. The molecule has 5 heteroatoms. The molecule has 0 saturated carbocycles. The molecule has 0 aliphatic carbocycles. The van der Waals surface area contributed by atoms with Gasteiger partial charge >= 0.3 is 0 Å². The summed E-state index contributed by atoms with van der Waals surface area (Å²) in [6.07, 6.45) is 8.46. The largest absolute Gasteiger partial charge is 0.331 e. The van der Waals surface area contributed by atoms with Gasteiger partial charge < -0.3 is 9.88 Å². The van der Waals surface area contributed by atoms with E-state index in [4.69, 9.17) is 0 Å². The van der Waals surface area contributed by atoms with Crippen molar-refractivity contribution < 1.29 is 4.21 Å². The van der Waals surface area contributed by atoms with Crippen molar-refractivity contribution in [2.24, 2.45) is 0 Å². The molecule has 3 heterocycles. The molecular weight excluding hydrogens is 258 g/mol. The summed E-state index contributed by atoms with van der Waals surface area (Å²) >= 11 is 0. The summed E-state index contributed by atoms with van der Waals surface area (Å²) in [5.41, 5.74) is 1.63. The SMILES string of the molecule is CC1(c2cncn2C2CCS(=O)CC2)CCNCC1. The van der Waals surface area contributed by atoms with Gasteiger partial charge in [0, 0.05) is 45.7 Å². The second-order valence-electron chi connectivity index (χ2n) is 6.08. The molecule has 4 nitrogen and oxygen atoms in total. The summed E-state index contributed by atoms with van der Waals surface area (Å²) in [5, 5.41) is 3.44. The average Bonchev–Trinajstić information content (AvgIpc) is 2.90. The highest BCUT2D eigenvalue weighted by Crippen LogP contribution is 2.35. The first-order chi connectivity index (χ1) is 9.19. The Morgan fingerprint density at radius 2 is 2.05 bits per heavy atom. The molecule has 1 aromatic heterocycles. The molecule has 3 rings (SSSR count). The Morgan fingerprint density at radius 3 is 2.74 bits per heavy atom. The Bertz CT molecular complexity index is 455. The molecule has 0 radical (unpaired) electrons. The number of nitrogens with one attached hydrogen (secondary N) is 1. The van der Waals surface area contributed by atoms with Gasteiger partial charge in [0.05, 0.1) is 6.33 Å². The van der Waals surface area contributed by atoms with Gasteiger partial charge in [-0.05, 0) is 38.8 Å². The van der Waals surface area contributed by atoms with Crippen molar-refractivity contribution in [1.82, 2.24) is 14.9 Å². The number of imidazole rings is 1. The van der Waals surface area contributed by atoms with Crippen LogP contribution in [0.3, 0.4) is 0 Å². The molecule has 0 bridgehead atoms. The Kier molecular flexibility index (Phi) is 3.76. The third-order valence-corrected chi connectivity index (χ3v) is 6.12. The van der Waals surface area contributed by atoms with E-state index in [9.17, 15) is 4.21 Å². The second-order valence-corrected chi connectivity index (χ2v) is 7.77. The van der Waals surface area contributed by atoms with E-state index in [0.29, 0.717) is 6.04 Å². The first-order valence-corrected chi connectivity index (χ1v) is 8.76. The summed E-state index contributed by atoms with van der Waals surface area (Å²) in [7, 11) is -0.588. The first-order valence-electron chi connectivity index (χ1n) is 7.27. The van der Waals surface area contributed by atoms with Gasteiger partial charge in [-0.2, -0.15) is 0 Å². The lowest BCUT2D eigenvalue weighted by molar-refractivity contribution is 0.303. The maximum absolute atomic E-state index is 11.5. The number of hydrogen-bond acceptors (Lipinski definition) is 3. The zero-order chi connectivity index (χ0) is 13.3.